The Morgan fingerprint density at radius 1 is 0.897 bits per heavy atom. The zero-order valence-corrected chi connectivity index (χ0v) is 15.8. The first-order chi connectivity index (χ1) is 14.2. The zero-order chi connectivity index (χ0) is 20.1. The molecule has 0 aliphatic rings. The van der Waals surface area contributed by atoms with Crippen LogP contribution in [0.4, 0.5) is 33.8 Å². The van der Waals surface area contributed by atoms with Crippen LogP contribution in [0.2, 0.25) is 0 Å². The first-order valence-electron chi connectivity index (χ1n) is 8.55. The SMILES string of the molecule is O=[N+]([O-])c1c(Nc2nccs2)ncnc1NN(c1ccccc1)c1ccccc1. The summed E-state index contributed by atoms with van der Waals surface area (Å²) in [6.07, 6.45) is 2.87. The van der Waals surface area contributed by atoms with E-state index < -0.39 is 4.92 Å². The lowest BCUT2D eigenvalue weighted by atomic mass is 10.2. The van der Waals surface area contributed by atoms with Crippen LogP contribution in [0, 0.1) is 10.1 Å². The molecule has 0 bridgehead atoms. The highest BCUT2D eigenvalue weighted by atomic mass is 32.1. The standard InChI is InChI=1S/C19H15N7O2S/c27-26(28)16-17(23-19-20-11-12-29-19)21-13-22-18(16)24-25(14-7-3-1-4-8-14)15-9-5-2-6-10-15/h1-13H,(H2,20,21,22,23,24). The Kier molecular flexibility index (Phi) is 5.25. The quantitative estimate of drug-likeness (QED) is 0.335. The van der Waals surface area contributed by atoms with Crippen molar-refractivity contribution in [3.63, 3.8) is 0 Å². The molecule has 0 fully saturated rings. The number of hydrogen-bond acceptors (Lipinski definition) is 9. The summed E-state index contributed by atoms with van der Waals surface area (Å²) in [7, 11) is 0. The molecule has 2 aromatic heterocycles. The van der Waals surface area contributed by atoms with Gasteiger partial charge >= 0.3 is 5.69 Å². The van der Waals surface area contributed by atoms with Crippen LogP contribution < -0.4 is 15.8 Å². The first-order valence-corrected chi connectivity index (χ1v) is 9.43. The maximum atomic E-state index is 11.8. The lowest BCUT2D eigenvalue weighted by molar-refractivity contribution is -0.383. The monoisotopic (exact) mass is 405 g/mol. The predicted octanol–water partition coefficient (Wildman–Crippen LogP) is 4.75. The number of rotatable bonds is 7. The van der Waals surface area contributed by atoms with E-state index >= 15 is 0 Å². The fourth-order valence-corrected chi connectivity index (χ4v) is 3.18. The number of hydrazine groups is 1. The number of nitrogens with one attached hydrogen (secondary N) is 2. The number of nitrogens with zero attached hydrogens (tertiary/aromatic N) is 5. The minimum atomic E-state index is -0.521. The average molecular weight is 405 g/mol. The smallest absolute Gasteiger partial charge is 0.310 e. The van der Waals surface area contributed by atoms with Crippen molar-refractivity contribution in [3.05, 3.63) is 88.7 Å². The number of nitro groups is 1. The van der Waals surface area contributed by atoms with Gasteiger partial charge in [-0.1, -0.05) is 36.4 Å². The summed E-state index contributed by atoms with van der Waals surface area (Å²) < 4.78 is 0. The van der Waals surface area contributed by atoms with Gasteiger partial charge < -0.3 is 5.32 Å². The molecular formula is C19H15N7O2S. The van der Waals surface area contributed by atoms with Crippen LogP contribution in [0.5, 0.6) is 0 Å². The van der Waals surface area contributed by atoms with Gasteiger partial charge in [-0.2, -0.15) is 0 Å². The van der Waals surface area contributed by atoms with Crippen molar-refractivity contribution in [2.24, 2.45) is 0 Å². The summed E-state index contributed by atoms with van der Waals surface area (Å²) in [4.78, 5) is 23.6. The number of hydrogen-bond donors (Lipinski definition) is 2. The molecule has 0 saturated heterocycles. The minimum Gasteiger partial charge on any atom is -0.310 e. The number of benzene rings is 2. The second-order valence-corrected chi connectivity index (χ2v) is 6.65. The van der Waals surface area contributed by atoms with Gasteiger partial charge in [-0.15, -0.1) is 11.3 Å². The van der Waals surface area contributed by atoms with Gasteiger partial charge in [-0.25, -0.2) is 15.0 Å². The van der Waals surface area contributed by atoms with Crippen LogP contribution in [0.3, 0.4) is 0 Å². The summed E-state index contributed by atoms with van der Waals surface area (Å²) in [6.45, 7) is 0. The van der Waals surface area contributed by atoms with Gasteiger partial charge in [0, 0.05) is 11.6 Å². The molecule has 0 unspecified atom stereocenters. The fraction of sp³-hybridized carbons (Fsp3) is 0. The highest BCUT2D eigenvalue weighted by Crippen LogP contribution is 2.34. The minimum absolute atomic E-state index is 0.0526. The van der Waals surface area contributed by atoms with Gasteiger partial charge in [0.2, 0.25) is 11.6 Å². The van der Waals surface area contributed by atoms with Crippen LogP contribution in [-0.2, 0) is 0 Å². The maximum Gasteiger partial charge on any atom is 0.355 e. The van der Waals surface area contributed by atoms with Crippen molar-refractivity contribution < 1.29 is 4.92 Å². The van der Waals surface area contributed by atoms with Crippen LogP contribution in [-0.4, -0.2) is 19.9 Å². The second kappa shape index (κ2) is 8.31. The Morgan fingerprint density at radius 3 is 2.07 bits per heavy atom. The van der Waals surface area contributed by atoms with E-state index in [-0.39, 0.29) is 17.3 Å². The molecule has 4 aromatic rings. The summed E-state index contributed by atoms with van der Waals surface area (Å²) >= 11 is 1.32. The third-order valence-corrected chi connectivity index (χ3v) is 4.60. The van der Waals surface area contributed by atoms with Crippen molar-refractivity contribution in [2.45, 2.75) is 0 Å². The van der Waals surface area contributed by atoms with E-state index in [1.807, 2.05) is 60.7 Å². The lowest BCUT2D eigenvalue weighted by Crippen LogP contribution is -2.25. The predicted molar refractivity (Wildman–Crippen MR) is 113 cm³/mol. The molecule has 0 amide bonds. The summed E-state index contributed by atoms with van der Waals surface area (Å²) in [5, 5.41) is 18.7. The topological polar surface area (TPSA) is 109 Å². The number of anilines is 5. The molecule has 4 rings (SSSR count). The van der Waals surface area contributed by atoms with E-state index in [2.05, 4.69) is 25.7 Å². The summed E-state index contributed by atoms with van der Waals surface area (Å²) in [6, 6.07) is 18.9. The van der Waals surface area contributed by atoms with Crippen LogP contribution >= 0.6 is 11.3 Å². The van der Waals surface area contributed by atoms with Crippen molar-refractivity contribution >= 4 is 45.2 Å². The molecule has 29 heavy (non-hydrogen) atoms. The van der Waals surface area contributed by atoms with E-state index in [0.717, 1.165) is 11.4 Å². The van der Waals surface area contributed by atoms with E-state index in [0.29, 0.717) is 5.13 Å². The van der Waals surface area contributed by atoms with Gasteiger partial charge in [0.25, 0.3) is 0 Å². The largest absolute Gasteiger partial charge is 0.355 e. The van der Waals surface area contributed by atoms with Gasteiger partial charge in [0.15, 0.2) is 5.13 Å². The summed E-state index contributed by atoms with van der Waals surface area (Å²) in [5.74, 6) is 0.111. The Bertz CT molecular complexity index is 1050. The molecule has 0 aliphatic carbocycles. The maximum absolute atomic E-state index is 11.8. The highest BCUT2D eigenvalue weighted by Gasteiger charge is 2.25. The molecule has 0 saturated carbocycles. The molecule has 0 aliphatic heterocycles. The molecule has 144 valence electrons. The third kappa shape index (κ3) is 4.12. The van der Waals surface area contributed by atoms with Crippen molar-refractivity contribution in [3.8, 4) is 0 Å². The summed E-state index contributed by atoms with van der Waals surface area (Å²) in [5.41, 5.74) is 4.37. The Hall–Kier alpha value is -4.05. The second-order valence-electron chi connectivity index (χ2n) is 5.76. The molecule has 2 N–H and O–H groups in total. The van der Waals surface area contributed by atoms with Crippen LogP contribution in [0.15, 0.2) is 78.6 Å². The highest BCUT2D eigenvalue weighted by molar-refractivity contribution is 7.13. The van der Waals surface area contributed by atoms with Crippen molar-refractivity contribution in [1.82, 2.24) is 15.0 Å². The fourth-order valence-electron chi connectivity index (χ4n) is 2.65. The van der Waals surface area contributed by atoms with E-state index in [4.69, 9.17) is 0 Å². The van der Waals surface area contributed by atoms with Gasteiger partial charge in [-0.3, -0.25) is 20.5 Å². The number of aromatic nitrogens is 3. The molecule has 2 heterocycles. The first kappa shape index (κ1) is 18.3. The van der Waals surface area contributed by atoms with E-state index in [9.17, 15) is 10.1 Å². The van der Waals surface area contributed by atoms with Crippen molar-refractivity contribution in [2.75, 3.05) is 15.8 Å². The molecule has 2 aromatic carbocycles. The van der Waals surface area contributed by atoms with Gasteiger partial charge in [-0.05, 0) is 24.3 Å². The molecular weight excluding hydrogens is 390 g/mol. The Balaban J connectivity index is 1.75. The molecule has 0 spiro atoms. The van der Waals surface area contributed by atoms with Crippen LogP contribution in [0.25, 0.3) is 0 Å². The molecule has 0 radical (unpaired) electrons. The Morgan fingerprint density at radius 2 is 1.52 bits per heavy atom. The number of para-hydroxylation sites is 2. The molecule has 0 atom stereocenters. The number of thiazole rings is 1. The molecule has 9 nitrogen and oxygen atoms in total. The normalized spacial score (nSPS) is 10.3. The van der Waals surface area contributed by atoms with Gasteiger partial charge in [0.1, 0.15) is 6.33 Å². The third-order valence-electron chi connectivity index (χ3n) is 3.91. The zero-order valence-electron chi connectivity index (χ0n) is 15.0. The van der Waals surface area contributed by atoms with Gasteiger partial charge in [0.05, 0.1) is 16.3 Å². The van der Waals surface area contributed by atoms with Crippen LogP contribution in [0.1, 0.15) is 0 Å². The van der Waals surface area contributed by atoms with E-state index in [1.54, 1.807) is 16.6 Å². The van der Waals surface area contributed by atoms with Crippen molar-refractivity contribution in [1.29, 1.82) is 0 Å². The Labute approximate surface area is 169 Å². The van der Waals surface area contributed by atoms with E-state index in [1.165, 1.54) is 17.7 Å². The average Bonchev–Trinajstić information content (AvgIpc) is 3.26. The molecule has 10 heteroatoms. The lowest BCUT2D eigenvalue weighted by Gasteiger charge is -2.25.